The van der Waals surface area contributed by atoms with E-state index < -0.39 is 0 Å². The summed E-state index contributed by atoms with van der Waals surface area (Å²) < 4.78 is 1.52. The predicted molar refractivity (Wildman–Crippen MR) is 96.6 cm³/mol. The van der Waals surface area contributed by atoms with Crippen LogP contribution in [0.1, 0.15) is 22.5 Å². The Kier molecular flexibility index (Phi) is 3.69. The second kappa shape index (κ2) is 6.02. The lowest BCUT2D eigenvalue weighted by molar-refractivity contribution is 0.427. The predicted octanol–water partition coefficient (Wildman–Crippen LogP) is 3.70. The molecule has 0 saturated carbocycles. The fraction of sp³-hybridized carbons (Fsp3) is 0.150. The summed E-state index contributed by atoms with van der Waals surface area (Å²) in [6, 6.07) is 15.8. The van der Waals surface area contributed by atoms with Crippen molar-refractivity contribution in [3.05, 3.63) is 77.2 Å². The summed E-state index contributed by atoms with van der Waals surface area (Å²) in [6.07, 6.45) is 2.36. The van der Waals surface area contributed by atoms with Crippen molar-refractivity contribution >= 4 is 5.65 Å². The van der Waals surface area contributed by atoms with Crippen molar-refractivity contribution in [3.63, 3.8) is 0 Å². The van der Waals surface area contributed by atoms with Crippen LogP contribution in [0.15, 0.2) is 54.7 Å². The van der Waals surface area contributed by atoms with Crippen molar-refractivity contribution in [1.29, 1.82) is 0 Å². The molecule has 1 aromatic carbocycles. The van der Waals surface area contributed by atoms with Gasteiger partial charge in [-0.2, -0.15) is 9.61 Å². The number of rotatable bonds is 3. The van der Waals surface area contributed by atoms with E-state index in [-0.39, 0.29) is 5.88 Å². The van der Waals surface area contributed by atoms with Crippen LogP contribution in [0.5, 0.6) is 5.88 Å². The minimum Gasteiger partial charge on any atom is -0.493 e. The van der Waals surface area contributed by atoms with E-state index in [0.717, 1.165) is 33.8 Å². The van der Waals surface area contributed by atoms with E-state index in [0.29, 0.717) is 12.1 Å². The number of aromatic hydroxyl groups is 1. The monoisotopic (exact) mass is 330 g/mol. The standard InChI is InChI=1S/C20H18N4O/c1-13-16(12-15-8-4-3-5-9-15)20(25)24-19(22-13)18(14(2)23-24)17-10-6-7-11-21-17/h3-11,25H,12H2,1-2H3. The highest BCUT2D eigenvalue weighted by molar-refractivity contribution is 5.78. The molecule has 0 radical (unpaired) electrons. The Morgan fingerprint density at radius 3 is 2.44 bits per heavy atom. The highest BCUT2D eigenvalue weighted by Gasteiger charge is 2.20. The quantitative estimate of drug-likeness (QED) is 0.622. The van der Waals surface area contributed by atoms with Crippen LogP contribution in [0.4, 0.5) is 0 Å². The lowest BCUT2D eigenvalue weighted by Crippen LogP contribution is -2.02. The summed E-state index contributed by atoms with van der Waals surface area (Å²) in [5.41, 5.74) is 5.78. The largest absolute Gasteiger partial charge is 0.493 e. The zero-order valence-corrected chi connectivity index (χ0v) is 14.1. The van der Waals surface area contributed by atoms with Gasteiger partial charge < -0.3 is 5.11 Å². The van der Waals surface area contributed by atoms with E-state index in [4.69, 9.17) is 4.98 Å². The molecule has 0 fully saturated rings. The molecule has 3 heterocycles. The Hall–Kier alpha value is -3.21. The summed E-state index contributed by atoms with van der Waals surface area (Å²) in [5, 5.41) is 15.3. The van der Waals surface area contributed by atoms with Crippen LogP contribution in [-0.2, 0) is 6.42 Å². The SMILES string of the molecule is Cc1nc2c(-c3ccccn3)c(C)nn2c(O)c1Cc1ccccc1. The van der Waals surface area contributed by atoms with Crippen molar-refractivity contribution in [1.82, 2.24) is 19.6 Å². The Morgan fingerprint density at radius 1 is 0.960 bits per heavy atom. The van der Waals surface area contributed by atoms with E-state index in [9.17, 15) is 5.11 Å². The fourth-order valence-corrected chi connectivity index (χ4v) is 3.10. The number of pyridine rings is 1. The molecule has 0 aliphatic carbocycles. The van der Waals surface area contributed by atoms with Crippen LogP contribution in [0, 0.1) is 13.8 Å². The van der Waals surface area contributed by atoms with Crippen LogP contribution in [-0.4, -0.2) is 24.7 Å². The van der Waals surface area contributed by atoms with Gasteiger partial charge in [-0.1, -0.05) is 36.4 Å². The van der Waals surface area contributed by atoms with E-state index in [2.05, 4.69) is 10.1 Å². The van der Waals surface area contributed by atoms with Gasteiger partial charge in [-0.15, -0.1) is 0 Å². The number of hydrogen-bond acceptors (Lipinski definition) is 4. The van der Waals surface area contributed by atoms with Gasteiger partial charge in [-0.25, -0.2) is 4.98 Å². The highest BCUT2D eigenvalue weighted by atomic mass is 16.3. The van der Waals surface area contributed by atoms with E-state index in [1.165, 1.54) is 4.52 Å². The molecule has 0 aliphatic heterocycles. The second-order valence-corrected chi connectivity index (χ2v) is 6.07. The molecule has 1 N–H and O–H groups in total. The van der Waals surface area contributed by atoms with Crippen molar-refractivity contribution in [2.45, 2.75) is 20.3 Å². The number of nitrogens with zero attached hydrogens (tertiary/aromatic N) is 4. The molecule has 3 aromatic heterocycles. The van der Waals surface area contributed by atoms with Gasteiger partial charge in [-0.3, -0.25) is 4.98 Å². The molecule has 0 bridgehead atoms. The zero-order valence-electron chi connectivity index (χ0n) is 14.1. The van der Waals surface area contributed by atoms with Gasteiger partial charge in [0.15, 0.2) is 5.65 Å². The maximum absolute atomic E-state index is 10.8. The molecule has 4 aromatic rings. The molecule has 124 valence electrons. The zero-order chi connectivity index (χ0) is 17.4. The van der Waals surface area contributed by atoms with Crippen LogP contribution in [0.25, 0.3) is 16.9 Å². The van der Waals surface area contributed by atoms with Crippen LogP contribution in [0.3, 0.4) is 0 Å². The average Bonchev–Trinajstić information content (AvgIpc) is 2.96. The lowest BCUT2D eigenvalue weighted by Gasteiger charge is -2.10. The summed E-state index contributed by atoms with van der Waals surface area (Å²) in [6.45, 7) is 3.83. The lowest BCUT2D eigenvalue weighted by atomic mass is 10.0. The molecule has 25 heavy (non-hydrogen) atoms. The molecular weight excluding hydrogens is 312 g/mol. The molecule has 4 rings (SSSR count). The molecule has 0 saturated heterocycles. The third kappa shape index (κ3) is 2.63. The van der Waals surface area contributed by atoms with E-state index in [1.807, 2.05) is 62.4 Å². The molecule has 0 spiro atoms. The van der Waals surface area contributed by atoms with Gasteiger partial charge in [0.05, 0.1) is 17.0 Å². The first kappa shape index (κ1) is 15.3. The van der Waals surface area contributed by atoms with E-state index >= 15 is 0 Å². The molecule has 0 amide bonds. The van der Waals surface area contributed by atoms with Gasteiger partial charge in [-0.05, 0) is 31.5 Å². The van der Waals surface area contributed by atoms with Gasteiger partial charge in [0.2, 0.25) is 5.88 Å². The fourth-order valence-electron chi connectivity index (χ4n) is 3.10. The van der Waals surface area contributed by atoms with Gasteiger partial charge >= 0.3 is 0 Å². The smallest absolute Gasteiger partial charge is 0.219 e. The Morgan fingerprint density at radius 2 is 1.72 bits per heavy atom. The van der Waals surface area contributed by atoms with Crippen molar-refractivity contribution in [2.75, 3.05) is 0 Å². The molecular formula is C20H18N4O. The highest BCUT2D eigenvalue weighted by Crippen LogP contribution is 2.31. The van der Waals surface area contributed by atoms with Gasteiger partial charge in [0.25, 0.3) is 0 Å². The molecule has 5 nitrogen and oxygen atoms in total. The maximum Gasteiger partial charge on any atom is 0.219 e. The van der Waals surface area contributed by atoms with Crippen LogP contribution < -0.4 is 0 Å². The third-order valence-electron chi connectivity index (χ3n) is 4.36. The van der Waals surface area contributed by atoms with Crippen molar-refractivity contribution in [3.8, 4) is 17.1 Å². The maximum atomic E-state index is 10.8. The van der Waals surface area contributed by atoms with Crippen molar-refractivity contribution in [2.24, 2.45) is 0 Å². The van der Waals surface area contributed by atoms with Crippen LogP contribution in [0.2, 0.25) is 0 Å². The summed E-state index contributed by atoms with van der Waals surface area (Å²) in [5.74, 6) is 0.136. The number of aryl methyl sites for hydroxylation is 2. The minimum atomic E-state index is 0.136. The van der Waals surface area contributed by atoms with Gasteiger partial charge in [0.1, 0.15) is 0 Å². The Balaban J connectivity index is 1.90. The first-order valence-electron chi connectivity index (χ1n) is 8.18. The Labute approximate surface area is 145 Å². The first-order valence-corrected chi connectivity index (χ1v) is 8.18. The molecule has 0 atom stereocenters. The van der Waals surface area contributed by atoms with E-state index in [1.54, 1.807) is 6.20 Å². The number of hydrogen-bond donors (Lipinski definition) is 1. The number of benzene rings is 1. The molecule has 5 heteroatoms. The molecule has 0 unspecified atom stereocenters. The summed E-state index contributed by atoms with van der Waals surface area (Å²) >= 11 is 0. The summed E-state index contributed by atoms with van der Waals surface area (Å²) in [7, 11) is 0. The number of fused-ring (bicyclic) bond motifs is 1. The third-order valence-corrected chi connectivity index (χ3v) is 4.36. The van der Waals surface area contributed by atoms with Gasteiger partial charge in [0, 0.05) is 23.9 Å². The minimum absolute atomic E-state index is 0.136. The van der Waals surface area contributed by atoms with Crippen molar-refractivity contribution < 1.29 is 5.11 Å². The topological polar surface area (TPSA) is 63.3 Å². The first-order chi connectivity index (χ1) is 12.1. The number of aromatic nitrogens is 4. The second-order valence-electron chi connectivity index (χ2n) is 6.07. The average molecular weight is 330 g/mol. The molecule has 0 aliphatic rings. The van der Waals surface area contributed by atoms with Crippen LogP contribution >= 0.6 is 0 Å². The normalized spacial score (nSPS) is 11.1. The summed E-state index contributed by atoms with van der Waals surface area (Å²) in [4.78, 5) is 9.14. The Bertz CT molecular complexity index is 1040.